The number of Topliss-reactive ketones (excluding diaryl/α,β-unsaturated/α-hetero) is 3. The lowest BCUT2D eigenvalue weighted by Crippen LogP contribution is -2.61. The first-order valence-corrected chi connectivity index (χ1v) is 26.1. The molecule has 3 N–H and O–H groups in total. The number of carbonyl (C=O) groups excluding carboxylic acids is 5. The number of ether oxygens (including phenoxy) is 7. The summed E-state index contributed by atoms with van der Waals surface area (Å²) in [4.78, 5) is 72.5. The van der Waals surface area contributed by atoms with E-state index in [2.05, 4.69) is 0 Å². The zero-order chi connectivity index (χ0) is 52.4. The number of nitrogens with zero attached hydrogens (tertiary/aromatic N) is 1. The van der Waals surface area contributed by atoms with E-state index in [1.807, 2.05) is 58.1 Å². The standard InChI is InChI=1S/C55H87NO15/c1-34-16-12-11-13-17-35(2)46(69-27-26-65-8)32-42-21-19-40(7)55(64,71-42)52(61)53(62)56-23-15-14-18-43(56)54(63)70-47(37(4)30-41-20-22-45(68-25-24-57)48(31-41)66-9)33-44(58)36(3)29-39(6)50(60)51(67-10)49(59)38(5)28-34/h11-13,16-17,29,34,36-38,40-43,45-48,50-51,57,60,64H,14-15,18-28,30-33H2,1-10H3/b13-11?,16-12+,35-17?,39-29+/t34-,36-,37?,38-,40-,41+,42+,43+,45-,46+,47+,48-,50-,51+,55-/m1/s1. The molecule has 0 aromatic rings. The molecule has 71 heavy (non-hydrogen) atoms. The Balaban J connectivity index is 1.71. The van der Waals surface area contributed by atoms with Gasteiger partial charge in [0.2, 0.25) is 5.79 Å². The zero-order valence-electron chi connectivity index (χ0n) is 44.3. The summed E-state index contributed by atoms with van der Waals surface area (Å²) >= 11 is 0. The van der Waals surface area contributed by atoms with Crippen molar-refractivity contribution in [3.8, 4) is 0 Å². The second-order valence-electron chi connectivity index (χ2n) is 20.8. The number of esters is 1. The molecule has 16 nitrogen and oxygen atoms in total. The highest BCUT2D eigenvalue weighted by Crippen LogP contribution is 2.38. The molecule has 1 saturated carbocycles. The largest absolute Gasteiger partial charge is 0.460 e. The molecule has 4 aliphatic rings. The van der Waals surface area contributed by atoms with Crippen molar-refractivity contribution in [3.63, 3.8) is 0 Å². The zero-order valence-corrected chi connectivity index (χ0v) is 44.3. The Morgan fingerprint density at radius 1 is 0.831 bits per heavy atom. The van der Waals surface area contributed by atoms with Crippen molar-refractivity contribution in [3.05, 3.63) is 47.6 Å². The van der Waals surface area contributed by atoms with Crippen LogP contribution in [0.4, 0.5) is 0 Å². The van der Waals surface area contributed by atoms with Crippen LogP contribution in [0.2, 0.25) is 0 Å². The van der Waals surface area contributed by atoms with Crippen LogP contribution in [0.3, 0.4) is 0 Å². The topological polar surface area (TPSA) is 214 Å². The molecule has 0 aromatic carbocycles. The molecule has 3 fully saturated rings. The number of piperidine rings is 1. The molecule has 16 heteroatoms. The summed E-state index contributed by atoms with van der Waals surface area (Å²) in [5.74, 6) is -8.10. The fourth-order valence-corrected chi connectivity index (χ4v) is 10.7. The Morgan fingerprint density at radius 2 is 1.58 bits per heavy atom. The molecule has 2 saturated heterocycles. The van der Waals surface area contributed by atoms with E-state index in [1.54, 1.807) is 41.1 Å². The van der Waals surface area contributed by atoms with Gasteiger partial charge in [-0.2, -0.15) is 0 Å². The van der Waals surface area contributed by atoms with E-state index < -0.39 is 77.8 Å². The summed E-state index contributed by atoms with van der Waals surface area (Å²) in [6.07, 6.45) is 11.7. The molecule has 1 amide bonds. The van der Waals surface area contributed by atoms with Crippen molar-refractivity contribution < 1.29 is 72.5 Å². The minimum Gasteiger partial charge on any atom is -0.460 e. The lowest BCUT2D eigenvalue weighted by molar-refractivity contribution is -0.266. The van der Waals surface area contributed by atoms with Crippen LogP contribution in [0.1, 0.15) is 126 Å². The molecule has 402 valence electrons. The molecule has 1 unspecified atom stereocenters. The van der Waals surface area contributed by atoms with Crippen LogP contribution in [0.5, 0.6) is 0 Å². The smallest absolute Gasteiger partial charge is 0.329 e. The number of rotatable bonds is 12. The van der Waals surface area contributed by atoms with Crippen LogP contribution in [0.15, 0.2) is 47.6 Å². The van der Waals surface area contributed by atoms with Gasteiger partial charge in [0, 0.05) is 58.5 Å². The predicted molar refractivity (Wildman–Crippen MR) is 267 cm³/mol. The quantitative estimate of drug-likeness (QED) is 0.0858. The van der Waals surface area contributed by atoms with Gasteiger partial charge in [0.15, 0.2) is 5.78 Å². The van der Waals surface area contributed by atoms with Gasteiger partial charge in [0.1, 0.15) is 30.1 Å². The van der Waals surface area contributed by atoms with Crippen molar-refractivity contribution in [2.24, 2.45) is 35.5 Å². The van der Waals surface area contributed by atoms with Crippen LogP contribution in [-0.4, -0.2) is 158 Å². The normalized spacial score (nSPS) is 36.8. The molecule has 1 aliphatic carbocycles. The third-order valence-corrected chi connectivity index (χ3v) is 15.2. The van der Waals surface area contributed by atoms with Gasteiger partial charge in [-0.1, -0.05) is 71.1 Å². The first-order valence-electron chi connectivity index (χ1n) is 26.1. The Labute approximate surface area is 422 Å². The highest BCUT2D eigenvalue weighted by atomic mass is 16.6. The first-order chi connectivity index (χ1) is 33.8. The number of cyclic esters (lactones) is 1. The molecule has 0 radical (unpaired) electrons. The minimum absolute atomic E-state index is 0.000431. The van der Waals surface area contributed by atoms with Crippen LogP contribution in [0, 0.1) is 35.5 Å². The van der Waals surface area contributed by atoms with Gasteiger partial charge in [0.05, 0.1) is 50.8 Å². The van der Waals surface area contributed by atoms with Crippen molar-refractivity contribution >= 4 is 29.2 Å². The summed E-state index contributed by atoms with van der Waals surface area (Å²) in [6.45, 7) is 13.5. The van der Waals surface area contributed by atoms with Crippen molar-refractivity contribution in [2.75, 3.05) is 54.3 Å². The molecular weight excluding hydrogens is 915 g/mol. The maximum Gasteiger partial charge on any atom is 0.329 e. The molecule has 2 bridgehead atoms. The Morgan fingerprint density at radius 3 is 2.27 bits per heavy atom. The van der Waals surface area contributed by atoms with E-state index in [9.17, 15) is 39.3 Å². The Kier molecular flexibility index (Phi) is 24.9. The van der Waals surface area contributed by atoms with Crippen LogP contribution in [-0.2, 0) is 57.1 Å². The highest BCUT2D eigenvalue weighted by molar-refractivity contribution is 6.39. The number of allylic oxidation sites excluding steroid dienone is 6. The molecule has 4 rings (SSSR count). The molecular formula is C55H87NO15. The summed E-state index contributed by atoms with van der Waals surface area (Å²) < 4.78 is 41.3. The van der Waals surface area contributed by atoms with E-state index >= 15 is 0 Å². The average molecular weight is 1000 g/mol. The van der Waals surface area contributed by atoms with Crippen molar-refractivity contribution in [2.45, 2.75) is 180 Å². The fourth-order valence-electron chi connectivity index (χ4n) is 10.7. The number of hydrogen-bond donors (Lipinski definition) is 3. The number of carbonyl (C=O) groups is 5. The van der Waals surface area contributed by atoms with E-state index in [4.69, 9.17) is 33.2 Å². The molecule has 0 aromatic heterocycles. The maximum atomic E-state index is 14.5. The number of aliphatic hydroxyl groups excluding tert-OH is 2. The van der Waals surface area contributed by atoms with Crippen LogP contribution in [0.25, 0.3) is 0 Å². The van der Waals surface area contributed by atoms with Crippen molar-refractivity contribution in [1.82, 2.24) is 4.90 Å². The highest BCUT2D eigenvalue weighted by Gasteiger charge is 2.53. The number of aliphatic hydroxyl groups is 3. The van der Waals surface area contributed by atoms with Crippen molar-refractivity contribution in [1.29, 1.82) is 0 Å². The van der Waals surface area contributed by atoms with Crippen LogP contribution < -0.4 is 0 Å². The first kappa shape index (κ1) is 60.1. The minimum atomic E-state index is -2.46. The lowest BCUT2D eigenvalue weighted by Gasteiger charge is -2.43. The van der Waals surface area contributed by atoms with Gasteiger partial charge in [0.25, 0.3) is 11.7 Å². The summed E-state index contributed by atoms with van der Waals surface area (Å²) in [5, 5.41) is 33.0. The average Bonchev–Trinajstić information content (AvgIpc) is 3.35. The lowest BCUT2D eigenvalue weighted by atomic mass is 9.78. The molecule has 3 heterocycles. The number of methoxy groups -OCH3 is 3. The number of fused-ring (bicyclic) bond motifs is 3. The number of amides is 1. The van der Waals surface area contributed by atoms with E-state index in [-0.39, 0.29) is 87.2 Å². The summed E-state index contributed by atoms with van der Waals surface area (Å²) in [7, 11) is 4.58. The van der Waals surface area contributed by atoms with E-state index in [1.165, 1.54) is 12.0 Å². The van der Waals surface area contributed by atoms with Gasteiger partial charge < -0.3 is 53.4 Å². The van der Waals surface area contributed by atoms with Gasteiger partial charge in [-0.15, -0.1) is 0 Å². The van der Waals surface area contributed by atoms with Gasteiger partial charge >= 0.3 is 5.97 Å². The Hall–Kier alpha value is -3.45. The maximum absolute atomic E-state index is 14.5. The third-order valence-electron chi connectivity index (χ3n) is 15.2. The molecule has 3 aliphatic heterocycles. The van der Waals surface area contributed by atoms with Gasteiger partial charge in [-0.3, -0.25) is 19.2 Å². The predicted octanol–water partition coefficient (Wildman–Crippen LogP) is 6.21. The van der Waals surface area contributed by atoms with E-state index in [0.717, 1.165) is 12.0 Å². The molecule has 0 spiro atoms. The Bertz CT molecular complexity index is 1860. The fraction of sp³-hybridized carbons (Fsp3) is 0.764. The van der Waals surface area contributed by atoms with Gasteiger partial charge in [-0.25, -0.2) is 4.79 Å². The molecule has 15 atom stereocenters. The monoisotopic (exact) mass is 1000 g/mol. The SMILES string of the molecule is COCCO[C@H]1C[C@@H]2CC[C@@H](C)[C@@](O)(O2)C(=O)C(=O)N2CCCC[C@H]2C(=O)O[C@H](C(C)C[C@@H]2CC[C@@H](OCCO)[C@H](OC)C2)CC(=O)[C@H](C)/C=C(\C)[C@@H](O)[C@@H](OC)C(=O)[C@H](C)C[C@H](C)/C=C/C=CC=C1C. The number of hydrogen-bond acceptors (Lipinski definition) is 15. The van der Waals surface area contributed by atoms with Gasteiger partial charge in [-0.05, 0) is 107 Å². The number of ketones is 3. The third kappa shape index (κ3) is 17.0. The van der Waals surface area contributed by atoms with E-state index in [0.29, 0.717) is 63.5 Å². The second-order valence-corrected chi connectivity index (χ2v) is 20.8. The second kappa shape index (κ2) is 29.4. The van der Waals surface area contributed by atoms with Crippen LogP contribution >= 0.6 is 0 Å². The summed E-state index contributed by atoms with van der Waals surface area (Å²) in [5.41, 5.74) is 1.24. The summed E-state index contributed by atoms with van der Waals surface area (Å²) in [6, 6.07) is -1.16.